The minimum Gasteiger partial charge on any atom is -0.381 e. The van der Waals surface area contributed by atoms with Crippen LogP contribution in [0.2, 0.25) is 0 Å². The highest BCUT2D eigenvalue weighted by Crippen LogP contribution is 2.42. The van der Waals surface area contributed by atoms with E-state index in [-0.39, 0.29) is 0 Å². The van der Waals surface area contributed by atoms with Crippen LogP contribution in [0.5, 0.6) is 0 Å². The Kier molecular flexibility index (Phi) is 1.59. The van der Waals surface area contributed by atoms with Crippen molar-refractivity contribution in [2.24, 2.45) is 7.05 Å². The molecule has 1 saturated carbocycles. The van der Waals surface area contributed by atoms with Gasteiger partial charge in [-0.2, -0.15) is 9.78 Å². The van der Waals surface area contributed by atoms with E-state index >= 15 is 0 Å². The molecule has 2 N–H and O–H groups in total. The lowest BCUT2D eigenvalue weighted by molar-refractivity contribution is 0.697. The van der Waals surface area contributed by atoms with Gasteiger partial charge in [-0.05, 0) is 12.8 Å². The average molecular weight is 204 g/mol. The maximum Gasteiger partial charge on any atom is 0.177 e. The molecule has 0 spiro atoms. The molecule has 0 radical (unpaired) electrons. The number of nitrogens with zero attached hydrogens (tertiary/aromatic N) is 5. The predicted octanol–water partition coefficient (Wildman–Crippen LogP) is 0.460. The zero-order valence-electron chi connectivity index (χ0n) is 8.46. The molecule has 0 aromatic carbocycles. The van der Waals surface area contributed by atoms with Crippen LogP contribution in [-0.2, 0) is 7.05 Å². The Hall–Kier alpha value is -1.85. The summed E-state index contributed by atoms with van der Waals surface area (Å²) in [6.07, 6.45) is 4.22. The van der Waals surface area contributed by atoms with E-state index in [0.717, 1.165) is 11.5 Å². The Bertz CT molecular complexity index is 492. The van der Waals surface area contributed by atoms with E-state index in [9.17, 15) is 0 Å². The fraction of sp³-hybridized carbons (Fsp3) is 0.444. The van der Waals surface area contributed by atoms with Crippen LogP contribution in [0.25, 0.3) is 5.82 Å². The quantitative estimate of drug-likeness (QED) is 0.771. The van der Waals surface area contributed by atoms with Crippen molar-refractivity contribution in [3.63, 3.8) is 0 Å². The average Bonchev–Trinajstić information content (AvgIpc) is 2.84. The lowest BCUT2D eigenvalue weighted by Gasteiger charge is -2.00. The van der Waals surface area contributed by atoms with Gasteiger partial charge in [0.15, 0.2) is 11.6 Å². The maximum absolute atomic E-state index is 5.80. The van der Waals surface area contributed by atoms with Gasteiger partial charge in [-0.15, -0.1) is 5.10 Å². The van der Waals surface area contributed by atoms with Gasteiger partial charge < -0.3 is 5.73 Å². The van der Waals surface area contributed by atoms with Crippen molar-refractivity contribution >= 4 is 5.82 Å². The molecule has 1 aliphatic rings. The molecule has 0 atom stereocenters. The third kappa shape index (κ3) is 1.29. The van der Waals surface area contributed by atoms with E-state index < -0.39 is 0 Å². The first-order chi connectivity index (χ1) is 7.25. The molecule has 0 bridgehead atoms. The predicted molar refractivity (Wildman–Crippen MR) is 54.5 cm³/mol. The first-order valence-electron chi connectivity index (χ1n) is 4.97. The Morgan fingerprint density at radius 1 is 1.47 bits per heavy atom. The standard InChI is InChI=1S/C9H12N6/c1-14-5-4-7(12-14)15-8(6-2-3-6)9(10)11-13-15/h4-6H,2-3,10H2,1H3. The van der Waals surface area contributed by atoms with Gasteiger partial charge in [0.25, 0.3) is 0 Å². The SMILES string of the molecule is Cn1ccc(-n2nnc(N)c2C2CC2)n1. The van der Waals surface area contributed by atoms with Crippen LogP contribution in [0.4, 0.5) is 5.82 Å². The number of nitrogens with two attached hydrogens (primary N) is 1. The topological polar surface area (TPSA) is 74.5 Å². The number of hydrogen-bond donors (Lipinski definition) is 1. The van der Waals surface area contributed by atoms with E-state index in [1.807, 2.05) is 19.3 Å². The van der Waals surface area contributed by atoms with E-state index in [0.29, 0.717) is 11.7 Å². The van der Waals surface area contributed by atoms with Gasteiger partial charge in [-0.25, -0.2) is 0 Å². The van der Waals surface area contributed by atoms with Gasteiger partial charge in [0, 0.05) is 25.2 Å². The number of anilines is 1. The van der Waals surface area contributed by atoms with Crippen molar-refractivity contribution < 1.29 is 0 Å². The Labute approximate surface area is 86.7 Å². The summed E-state index contributed by atoms with van der Waals surface area (Å²) >= 11 is 0. The molecule has 0 saturated heterocycles. The highest BCUT2D eigenvalue weighted by molar-refractivity contribution is 5.42. The number of rotatable bonds is 2. The summed E-state index contributed by atoms with van der Waals surface area (Å²) in [6.45, 7) is 0. The van der Waals surface area contributed by atoms with Gasteiger partial charge in [0.05, 0.1) is 5.69 Å². The summed E-state index contributed by atoms with van der Waals surface area (Å²) in [5.74, 6) is 1.83. The molecule has 1 fully saturated rings. The van der Waals surface area contributed by atoms with E-state index in [2.05, 4.69) is 15.4 Å². The van der Waals surface area contributed by atoms with Gasteiger partial charge in [0.2, 0.25) is 0 Å². The van der Waals surface area contributed by atoms with Gasteiger partial charge in [-0.3, -0.25) is 4.68 Å². The zero-order chi connectivity index (χ0) is 10.4. The summed E-state index contributed by atoms with van der Waals surface area (Å²) in [4.78, 5) is 0. The summed E-state index contributed by atoms with van der Waals surface area (Å²) in [5, 5.41) is 12.2. The Balaban J connectivity index is 2.11. The molecule has 78 valence electrons. The largest absolute Gasteiger partial charge is 0.381 e. The number of aryl methyl sites for hydroxylation is 1. The van der Waals surface area contributed by atoms with Crippen LogP contribution in [0.1, 0.15) is 24.5 Å². The molecule has 1 aliphatic carbocycles. The van der Waals surface area contributed by atoms with Crippen molar-refractivity contribution in [2.45, 2.75) is 18.8 Å². The van der Waals surface area contributed by atoms with Gasteiger partial charge in [0.1, 0.15) is 0 Å². The molecule has 0 aliphatic heterocycles. The molecule has 6 heteroatoms. The van der Waals surface area contributed by atoms with Gasteiger partial charge in [-0.1, -0.05) is 5.21 Å². The monoisotopic (exact) mass is 204 g/mol. The maximum atomic E-state index is 5.80. The van der Waals surface area contributed by atoms with Crippen LogP contribution in [0.15, 0.2) is 12.3 Å². The second-order valence-corrected chi connectivity index (χ2v) is 3.89. The molecular formula is C9H12N6. The lowest BCUT2D eigenvalue weighted by Crippen LogP contribution is -2.04. The highest BCUT2D eigenvalue weighted by Gasteiger charge is 2.31. The molecule has 0 unspecified atom stereocenters. The second-order valence-electron chi connectivity index (χ2n) is 3.89. The molecule has 3 rings (SSSR count). The normalized spacial score (nSPS) is 15.8. The number of aromatic nitrogens is 5. The van der Waals surface area contributed by atoms with E-state index in [1.165, 1.54) is 12.8 Å². The molecule has 15 heavy (non-hydrogen) atoms. The number of hydrogen-bond acceptors (Lipinski definition) is 4. The fourth-order valence-electron chi connectivity index (χ4n) is 1.72. The zero-order valence-corrected chi connectivity index (χ0v) is 8.46. The van der Waals surface area contributed by atoms with Crippen LogP contribution in [-0.4, -0.2) is 24.8 Å². The van der Waals surface area contributed by atoms with Crippen LogP contribution in [0.3, 0.4) is 0 Å². The molecular weight excluding hydrogens is 192 g/mol. The lowest BCUT2D eigenvalue weighted by atomic mass is 10.3. The first kappa shape index (κ1) is 8.46. The summed E-state index contributed by atoms with van der Waals surface area (Å²) < 4.78 is 3.48. The third-order valence-electron chi connectivity index (χ3n) is 2.61. The van der Waals surface area contributed by atoms with E-state index in [1.54, 1.807) is 9.36 Å². The summed E-state index contributed by atoms with van der Waals surface area (Å²) in [6, 6.07) is 1.90. The minimum atomic E-state index is 0.516. The van der Waals surface area contributed by atoms with Gasteiger partial charge >= 0.3 is 0 Å². The first-order valence-corrected chi connectivity index (χ1v) is 4.97. The summed E-state index contributed by atoms with van der Waals surface area (Å²) in [5.41, 5.74) is 6.81. The molecule has 2 heterocycles. The molecule has 2 aromatic rings. The highest BCUT2D eigenvalue weighted by atomic mass is 15.5. The van der Waals surface area contributed by atoms with Crippen molar-refractivity contribution in [1.82, 2.24) is 24.8 Å². The van der Waals surface area contributed by atoms with Crippen LogP contribution < -0.4 is 5.73 Å². The van der Waals surface area contributed by atoms with Crippen molar-refractivity contribution in [1.29, 1.82) is 0 Å². The van der Waals surface area contributed by atoms with Crippen molar-refractivity contribution in [3.8, 4) is 5.82 Å². The van der Waals surface area contributed by atoms with Crippen molar-refractivity contribution in [2.75, 3.05) is 5.73 Å². The summed E-state index contributed by atoms with van der Waals surface area (Å²) in [7, 11) is 1.88. The van der Waals surface area contributed by atoms with Crippen molar-refractivity contribution in [3.05, 3.63) is 18.0 Å². The Morgan fingerprint density at radius 2 is 2.27 bits per heavy atom. The fourth-order valence-corrected chi connectivity index (χ4v) is 1.72. The van der Waals surface area contributed by atoms with E-state index in [4.69, 9.17) is 5.73 Å². The minimum absolute atomic E-state index is 0.516. The smallest absolute Gasteiger partial charge is 0.177 e. The number of nitrogen functional groups attached to an aromatic ring is 1. The third-order valence-corrected chi connectivity index (χ3v) is 2.61. The van der Waals surface area contributed by atoms with Crippen LogP contribution in [0, 0.1) is 0 Å². The molecule has 6 nitrogen and oxygen atoms in total. The second kappa shape index (κ2) is 2.82. The molecule has 0 amide bonds. The van der Waals surface area contributed by atoms with Crippen LogP contribution >= 0.6 is 0 Å². The Morgan fingerprint density at radius 3 is 2.87 bits per heavy atom. The molecule has 2 aromatic heterocycles.